The first-order valence-electron chi connectivity index (χ1n) is 9.11. The monoisotopic (exact) mass is 332 g/mol. The first kappa shape index (κ1) is 17.1. The topological polar surface area (TPSA) is 70.6 Å². The number of amides is 1. The fourth-order valence-electron chi connectivity index (χ4n) is 3.75. The Morgan fingerprint density at radius 3 is 2.83 bits per heavy atom. The van der Waals surface area contributed by atoms with E-state index in [0.29, 0.717) is 12.5 Å². The maximum Gasteiger partial charge on any atom is 0.223 e. The Morgan fingerprint density at radius 2 is 2.08 bits per heavy atom. The lowest BCUT2D eigenvalue weighted by molar-refractivity contribution is -0.127. The van der Waals surface area contributed by atoms with Crippen molar-refractivity contribution in [2.24, 2.45) is 11.8 Å². The van der Waals surface area contributed by atoms with E-state index in [1.165, 1.54) is 0 Å². The molecule has 0 saturated heterocycles. The van der Waals surface area contributed by atoms with Crippen LogP contribution in [-0.4, -0.2) is 36.8 Å². The predicted octanol–water partition coefficient (Wildman–Crippen LogP) is 2.23. The zero-order valence-electron chi connectivity index (χ0n) is 14.4. The summed E-state index contributed by atoms with van der Waals surface area (Å²) in [7, 11) is 0. The second-order valence-electron chi connectivity index (χ2n) is 7.04. The summed E-state index contributed by atoms with van der Waals surface area (Å²) in [6.07, 6.45) is 5.00. The molecule has 1 aromatic rings. The highest BCUT2D eigenvalue weighted by Crippen LogP contribution is 2.30. The number of fused-ring (bicyclic) bond motifs is 1. The third kappa shape index (κ3) is 4.20. The maximum atomic E-state index is 12.5. The number of carbonyl (C=O) groups is 1. The summed E-state index contributed by atoms with van der Waals surface area (Å²) in [6, 6.07) is 5.19. The molecule has 1 aliphatic heterocycles. The Kier molecular flexibility index (Phi) is 5.61. The van der Waals surface area contributed by atoms with Crippen LogP contribution in [0.4, 0.5) is 0 Å². The van der Waals surface area contributed by atoms with E-state index in [-0.39, 0.29) is 23.6 Å². The van der Waals surface area contributed by atoms with E-state index in [9.17, 15) is 9.90 Å². The van der Waals surface area contributed by atoms with E-state index < -0.39 is 0 Å². The molecule has 1 aromatic carbocycles. The second kappa shape index (κ2) is 7.88. The molecule has 0 radical (unpaired) electrons. The van der Waals surface area contributed by atoms with Crippen molar-refractivity contribution >= 4 is 5.91 Å². The summed E-state index contributed by atoms with van der Waals surface area (Å²) in [5, 5.41) is 16.1. The lowest BCUT2D eigenvalue weighted by Crippen LogP contribution is -2.46. The number of ether oxygens (including phenoxy) is 1. The summed E-state index contributed by atoms with van der Waals surface area (Å²) >= 11 is 0. The van der Waals surface area contributed by atoms with Crippen LogP contribution in [0.25, 0.3) is 0 Å². The standard InChI is InChI=1S/C19H28N2O3/c1-2-20-11-13-3-5-14(6-4-13)19(23)21-16-9-15-7-8-17(22)10-18(15)24-12-16/h7-8,10,13-14,16,20,22H,2-6,9,11-12H2,1H3,(H,21,23). The van der Waals surface area contributed by atoms with Crippen molar-refractivity contribution in [3.05, 3.63) is 23.8 Å². The Bertz CT molecular complexity index is 568. The number of phenols is 1. The van der Waals surface area contributed by atoms with E-state index in [2.05, 4.69) is 17.6 Å². The Hall–Kier alpha value is -1.75. The number of hydrogen-bond acceptors (Lipinski definition) is 4. The first-order chi connectivity index (χ1) is 11.7. The average Bonchev–Trinajstić information content (AvgIpc) is 2.60. The highest BCUT2D eigenvalue weighted by molar-refractivity contribution is 5.79. The SMILES string of the molecule is CCNCC1CCC(C(=O)NC2COc3cc(O)ccc3C2)CC1. The molecular weight excluding hydrogens is 304 g/mol. The number of carbonyl (C=O) groups excluding carboxylic acids is 1. The minimum Gasteiger partial charge on any atom is -0.508 e. The lowest BCUT2D eigenvalue weighted by atomic mass is 9.81. The van der Waals surface area contributed by atoms with Crippen LogP contribution in [0.1, 0.15) is 38.2 Å². The summed E-state index contributed by atoms with van der Waals surface area (Å²) in [4.78, 5) is 12.5. The average molecular weight is 332 g/mol. The third-order valence-electron chi connectivity index (χ3n) is 5.20. The van der Waals surface area contributed by atoms with Crippen molar-refractivity contribution < 1.29 is 14.6 Å². The number of phenolic OH excluding ortho intramolecular Hbond substituents is 1. The van der Waals surface area contributed by atoms with Gasteiger partial charge in [-0.25, -0.2) is 0 Å². The van der Waals surface area contributed by atoms with Crippen LogP contribution in [-0.2, 0) is 11.2 Å². The van der Waals surface area contributed by atoms with Gasteiger partial charge < -0.3 is 20.5 Å². The molecule has 5 heteroatoms. The Labute approximate surface area is 143 Å². The highest BCUT2D eigenvalue weighted by atomic mass is 16.5. The van der Waals surface area contributed by atoms with E-state index in [1.807, 2.05) is 6.07 Å². The summed E-state index contributed by atoms with van der Waals surface area (Å²) in [6.45, 7) is 4.69. The van der Waals surface area contributed by atoms with E-state index in [4.69, 9.17) is 4.74 Å². The highest BCUT2D eigenvalue weighted by Gasteiger charge is 2.29. The van der Waals surface area contributed by atoms with Crippen LogP contribution in [0.15, 0.2) is 18.2 Å². The van der Waals surface area contributed by atoms with Gasteiger partial charge in [0.05, 0.1) is 6.04 Å². The van der Waals surface area contributed by atoms with Crippen molar-refractivity contribution in [2.45, 2.75) is 45.1 Å². The molecule has 1 aliphatic carbocycles. The number of hydrogen-bond donors (Lipinski definition) is 3. The minimum absolute atomic E-state index is 0.0222. The molecule has 1 unspecified atom stereocenters. The summed E-state index contributed by atoms with van der Waals surface area (Å²) in [5.74, 6) is 1.97. The lowest BCUT2D eigenvalue weighted by Gasteiger charge is -2.31. The molecule has 2 aliphatic rings. The molecule has 3 rings (SSSR count). The molecule has 1 heterocycles. The molecule has 1 amide bonds. The number of benzene rings is 1. The van der Waals surface area contributed by atoms with Gasteiger partial charge in [-0.1, -0.05) is 13.0 Å². The predicted molar refractivity (Wildman–Crippen MR) is 93.2 cm³/mol. The van der Waals surface area contributed by atoms with Crippen molar-refractivity contribution in [1.29, 1.82) is 0 Å². The quantitative estimate of drug-likeness (QED) is 0.773. The maximum absolute atomic E-state index is 12.5. The number of rotatable bonds is 5. The van der Waals surface area contributed by atoms with Crippen molar-refractivity contribution in [2.75, 3.05) is 19.7 Å². The molecule has 3 N–H and O–H groups in total. The van der Waals surface area contributed by atoms with E-state index in [0.717, 1.165) is 56.5 Å². The van der Waals surface area contributed by atoms with Crippen molar-refractivity contribution in [3.63, 3.8) is 0 Å². The molecule has 132 valence electrons. The molecule has 0 bridgehead atoms. The van der Waals surface area contributed by atoms with E-state index >= 15 is 0 Å². The second-order valence-corrected chi connectivity index (χ2v) is 7.04. The van der Waals surface area contributed by atoms with Crippen LogP contribution in [0, 0.1) is 11.8 Å². The van der Waals surface area contributed by atoms with Gasteiger partial charge in [0.15, 0.2) is 0 Å². The van der Waals surface area contributed by atoms with Crippen molar-refractivity contribution in [1.82, 2.24) is 10.6 Å². The van der Waals surface area contributed by atoms with Gasteiger partial charge in [0, 0.05) is 12.0 Å². The Morgan fingerprint density at radius 1 is 1.29 bits per heavy atom. The van der Waals surface area contributed by atoms with Crippen LogP contribution in [0.5, 0.6) is 11.5 Å². The largest absolute Gasteiger partial charge is 0.508 e. The molecule has 0 spiro atoms. The molecular formula is C19H28N2O3. The molecule has 1 saturated carbocycles. The van der Waals surface area contributed by atoms with Crippen LogP contribution >= 0.6 is 0 Å². The summed E-state index contributed by atoms with van der Waals surface area (Å²) < 4.78 is 5.68. The van der Waals surface area contributed by atoms with Crippen LogP contribution in [0.3, 0.4) is 0 Å². The van der Waals surface area contributed by atoms with Gasteiger partial charge in [0.1, 0.15) is 18.1 Å². The normalized spacial score (nSPS) is 26.3. The van der Waals surface area contributed by atoms with E-state index in [1.54, 1.807) is 12.1 Å². The molecule has 1 atom stereocenters. The third-order valence-corrected chi connectivity index (χ3v) is 5.20. The summed E-state index contributed by atoms with van der Waals surface area (Å²) in [5.41, 5.74) is 1.04. The number of aromatic hydroxyl groups is 1. The van der Waals surface area contributed by atoms with Gasteiger partial charge in [0.25, 0.3) is 0 Å². The van der Waals surface area contributed by atoms with Gasteiger partial charge in [-0.3, -0.25) is 4.79 Å². The Balaban J connectivity index is 1.47. The molecule has 5 nitrogen and oxygen atoms in total. The van der Waals surface area contributed by atoms with Gasteiger partial charge in [-0.15, -0.1) is 0 Å². The fourth-order valence-corrected chi connectivity index (χ4v) is 3.75. The molecule has 24 heavy (non-hydrogen) atoms. The van der Waals surface area contributed by atoms with Gasteiger partial charge in [-0.2, -0.15) is 0 Å². The zero-order valence-corrected chi connectivity index (χ0v) is 14.4. The van der Waals surface area contributed by atoms with Gasteiger partial charge in [-0.05, 0) is 62.7 Å². The fraction of sp³-hybridized carbons (Fsp3) is 0.632. The molecule has 0 aromatic heterocycles. The zero-order chi connectivity index (χ0) is 16.9. The smallest absolute Gasteiger partial charge is 0.223 e. The number of nitrogens with one attached hydrogen (secondary N) is 2. The van der Waals surface area contributed by atoms with Crippen LogP contribution in [0.2, 0.25) is 0 Å². The van der Waals surface area contributed by atoms with Crippen LogP contribution < -0.4 is 15.4 Å². The van der Waals surface area contributed by atoms with Gasteiger partial charge >= 0.3 is 0 Å². The molecule has 1 fully saturated rings. The first-order valence-corrected chi connectivity index (χ1v) is 9.11. The minimum atomic E-state index is 0.0222. The van der Waals surface area contributed by atoms with Crippen molar-refractivity contribution in [3.8, 4) is 11.5 Å². The van der Waals surface area contributed by atoms with Gasteiger partial charge in [0.2, 0.25) is 5.91 Å².